The van der Waals surface area contributed by atoms with Crippen molar-refractivity contribution in [2.45, 2.75) is 31.2 Å². The lowest BCUT2D eigenvalue weighted by Gasteiger charge is -2.27. The van der Waals surface area contributed by atoms with Gasteiger partial charge in [0, 0.05) is 19.1 Å². The molecule has 5 nitrogen and oxygen atoms in total. The number of benzene rings is 1. The van der Waals surface area contributed by atoms with Crippen LogP contribution in [0.5, 0.6) is 0 Å². The van der Waals surface area contributed by atoms with Gasteiger partial charge in [0.25, 0.3) is 0 Å². The van der Waals surface area contributed by atoms with E-state index in [0.29, 0.717) is 13.1 Å². The molecule has 1 aromatic carbocycles. The second-order valence-corrected chi connectivity index (χ2v) is 7.61. The van der Waals surface area contributed by atoms with Crippen LogP contribution >= 0.6 is 0 Å². The fourth-order valence-corrected chi connectivity index (χ4v) is 4.54. The second kappa shape index (κ2) is 5.90. The van der Waals surface area contributed by atoms with Gasteiger partial charge in [0.15, 0.2) is 0 Å². The zero-order valence-corrected chi connectivity index (χ0v) is 13.5. The Balaban J connectivity index is 2.41. The molecule has 7 heteroatoms. The van der Waals surface area contributed by atoms with Crippen molar-refractivity contribution in [1.82, 2.24) is 9.21 Å². The van der Waals surface area contributed by atoms with Gasteiger partial charge < -0.3 is 10.6 Å². The van der Waals surface area contributed by atoms with Gasteiger partial charge >= 0.3 is 0 Å². The SMILES string of the molecule is Cc1cc(S(=O)(=O)N2CCCN(C)CC2C)cc(N)c1F. The Hall–Kier alpha value is -1.18. The average Bonchev–Trinajstić information content (AvgIpc) is 2.56. The number of hydrogen-bond acceptors (Lipinski definition) is 4. The third kappa shape index (κ3) is 3.20. The van der Waals surface area contributed by atoms with E-state index in [-0.39, 0.29) is 22.2 Å². The van der Waals surface area contributed by atoms with Crippen molar-refractivity contribution >= 4 is 15.7 Å². The van der Waals surface area contributed by atoms with E-state index in [1.807, 2.05) is 14.0 Å². The van der Waals surface area contributed by atoms with Crippen LogP contribution in [0, 0.1) is 12.7 Å². The minimum absolute atomic E-state index is 0.0651. The van der Waals surface area contributed by atoms with Gasteiger partial charge in [0.1, 0.15) is 5.82 Å². The number of sulfonamides is 1. The average molecular weight is 315 g/mol. The fraction of sp³-hybridized carbons (Fsp3) is 0.571. The molecule has 0 aromatic heterocycles. The molecule has 21 heavy (non-hydrogen) atoms. The highest BCUT2D eigenvalue weighted by Gasteiger charge is 2.31. The molecule has 118 valence electrons. The number of halogens is 1. The van der Waals surface area contributed by atoms with E-state index in [9.17, 15) is 12.8 Å². The normalized spacial score (nSPS) is 22.2. The van der Waals surface area contributed by atoms with Gasteiger partial charge in [-0.2, -0.15) is 4.31 Å². The fourth-order valence-electron chi connectivity index (χ4n) is 2.75. The van der Waals surface area contributed by atoms with Gasteiger partial charge in [-0.3, -0.25) is 0 Å². The van der Waals surface area contributed by atoms with Gasteiger partial charge in [-0.05, 0) is 51.6 Å². The van der Waals surface area contributed by atoms with Crippen molar-refractivity contribution in [2.75, 3.05) is 32.4 Å². The van der Waals surface area contributed by atoms with E-state index in [4.69, 9.17) is 5.73 Å². The minimum atomic E-state index is -3.66. The lowest BCUT2D eigenvalue weighted by atomic mass is 10.2. The molecule has 0 saturated carbocycles. The van der Waals surface area contributed by atoms with Crippen molar-refractivity contribution in [2.24, 2.45) is 0 Å². The summed E-state index contributed by atoms with van der Waals surface area (Å²) in [7, 11) is -1.68. The summed E-state index contributed by atoms with van der Waals surface area (Å²) in [4.78, 5) is 2.18. The number of likely N-dealkylation sites (N-methyl/N-ethyl adjacent to an activating group) is 1. The molecule has 2 rings (SSSR count). The van der Waals surface area contributed by atoms with Crippen LogP contribution in [-0.2, 0) is 10.0 Å². The van der Waals surface area contributed by atoms with Crippen LogP contribution < -0.4 is 5.73 Å². The summed E-state index contributed by atoms with van der Waals surface area (Å²) < 4.78 is 40.7. The predicted molar refractivity (Wildman–Crippen MR) is 81.0 cm³/mol. The monoisotopic (exact) mass is 315 g/mol. The third-order valence-corrected chi connectivity index (χ3v) is 5.84. The predicted octanol–water partition coefficient (Wildman–Crippen LogP) is 1.43. The number of nitrogens with two attached hydrogens (primary N) is 1. The number of nitrogen functional groups attached to an aromatic ring is 1. The third-order valence-electron chi connectivity index (χ3n) is 3.85. The molecule has 1 aliphatic rings. The van der Waals surface area contributed by atoms with Crippen LogP contribution in [-0.4, -0.2) is 50.3 Å². The highest BCUT2D eigenvalue weighted by molar-refractivity contribution is 7.89. The molecule has 0 bridgehead atoms. The van der Waals surface area contributed by atoms with Crippen LogP contribution in [0.1, 0.15) is 18.9 Å². The van der Waals surface area contributed by atoms with Gasteiger partial charge in [0.05, 0.1) is 10.6 Å². The Morgan fingerprint density at radius 3 is 2.62 bits per heavy atom. The van der Waals surface area contributed by atoms with Crippen LogP contribution in [0.2, 0.25) is 0 Å². The number of rotatable bonds is 2. The molecule has 0 aliphatic carbocycles. The van der Waals surface area contributed by atoms with E-state index in [1.165, 1.54) is 23.4 Å². The lowest BCUT2D eigenvalue weighted by Crippen LogP contribution is -2.41. The van der Waals surface area contributed by atoms with Crippen molar-refractivity contribution in [3.8, 4) is 0 Å². The molecule has 1 aliphatic heterocycles. The summed E-state index contributed by atoms with van der Waals surface area (Å²) in [5.41, 5.74) is 5.68. The zero-order valence-electron chi connectivity index (χ0n) is 12.6. The van der Waals surface area contributed by atoms with Gasteiger partial charge in [-0.25, -0.2) is 12.8 Å². The van der Waals surface area contributed by atoms with Crippen molar-refractivity contribution in [3.05, 3.63) is 23.5 Å². The Morgan fingerprint density at radius 1 is 1.33 bits per heavy atom. The Labute approximate surface area is 125 Å². The number of anilines is 1. The molecule has 0 amide bonds. The van der Waals surface area contributed by atoms with Gasteiger partial charge in [0.2, 0.25) is 10.0 Å². The maximum absolute atomic E-state index is 13.6. The van der Waals surface area contributed by atoms with Crippen LogP contribution in [0.25, 0.3) is 0 Å². The van der Waals surface area contributed by atoms with Crippen LogP contribution in [0.4, 0.5) is 10.1 Å². The molecule has 0 radical (unpaired) electrons. The first-order valence-corrected chi connectivity index (χ1v) is 8.43. The summed E-state index contributed by atoms with van der Waals surface area (Å²) >= 11 is 0. The van der Waals surface area contributed by atoms with Crippen LogP contribution in [0.3, 0.4) is 0 Å². The van der Waals surface area contributed by atoms with Crippen LogP contribution in [0.15, 0.2) is 17.0 Å². The number of nitrogens with zero attached hydrogens (tertiary/aromatic N) is 2. The highest BCUT2D eigenvalue weighted by Crippen LogP contribution is 2.26. The molecular weight excluding hydrogens is 293 g/mol. The minimum Gasteiger partial charge on any atom is -0.396 e. The lowest BCUT2D eigenvalue weighted by molar-refractivity contribution is 0.290. The molecule has 1 unspecified atom stereocenters. The molecule has 1 atom stereocenters. The summed E-state index contributed by atoms with van der Waals surface area (Å²) in [5.74, 6) is -0.558. The van der Waals surface area contributed by atoms with E-state index in [0.717, 1.165) is 13.0 Å². The zero-order chi connectivity index (χ0) is 15.8. The number of hydrogen-bond donors (Lipinski definition) is 1. The molecule has 1 fully saturated rings. The van der Waals surface area contributed by atoms with Crippen molar-refractivity contribution < 1.29 is 12.8 Å². The standard InChI is InChI=1S/C14H22FN3O2S/c1-10-7-12(8-13(16)14(10)15)21(19,20)18-6-4-5-17(3)9-11(18)2/h7-8,11H,4-6,9,16H2,1-3H3. The van der Waals surface area contributed by atoms with E-state index >= 15 is 0 Å². The summed E-state index contributed by atoms with van der Waals surface area (Å²) in [5, 5.41) is 0. The maximum Gasteiger partial charge on any atom is 0.243 e. The topological polar surface area (TPSA) is 66.6 Å². The summed E-state index contributed by atoms with van der Waals surface area (Å²) in [6.07, 6.45) is 0.774. The first-order valence-electron chi connectivity index (χ1n) is 6.99. The Morgan fingerprint density at radius 2 is 2.00 bits per heavy atom. The van der Waals surface area contributed by atoms with E-state index in [2.05, 4.69) is 4.90 Å². The summed E-state index contributed by atoms with van der Waals surface area (Å²) in [6.45, 7) is 5.41. The maximum atomic E-state index is 13.6. The Kier molecular flexibility index (Phi) is 4.55. The van der Waals surface area contributed by atoms with Crippen molar-refractivity contribution in [1.29, 1.82) is 0 Å². The molecule has 1 aromatic rings. The van der Waals surface area contributed by atoms with E-state index < -0.39 is 15.8 Å². The van der Waals surface area contributed by atoms with Gasteiger partial charge in [-0.1, -0.05) is 0 Å². The molecular formula is C14H22FN3O2S. The quantitative estimate of drug-likeness (QED) is 0.839. The smallest absolute Gasteiger partial charge is 0.243 e. The highest BCUT2D eigenvalue weighted by atomic mass is 32.2. The molecule has 0 spiro atoms. The molecule has 1 heterocycles. The molecule has 1 saturated heterocycles. The Bertz CT molecular complexity index is 610. The molecule has 2 N–H and O–H groups in total. The first kappa shape index (κ1) is 16.2. The van der Waals surface area contributed by atoms with Crippen molar-refractivity contribution in [3.63, 3.8) is 0 Å². The summed E-state index contributed by atoms with van der Waals surface area (Å²) in [6, 6.07) is 2.43. The largest absolute Gasteiger partial charge is 0.396 e. The van der Waals surface area contributed by atoms with E-state index in [1.54, 1.807) is 0 Å². The second-order valence-electron chi connectivity index (χ2n) is 5.72. The van der Waals surface area contributed by atoms with Gasteiger partial charge in [-0.15, -0.1) is 0 Å². The first-order chi connectivity index (χ1) is 9.73. The number of aryl methyl sites for hydroxylation is 1.